The molecule has 0 saturated carbocycles. The number of hydrogen-bond donors (Lipinski definition) is 1. The van der Waals surface area contributed by atoms with Crippen LogP contribution >= 0.6 is 31.9 Å². The molecule has 0 saturated heterocycles. The fraction of sp³-hybridized carbons (Fsp3) is 0.417. The van der Waals surface area contributed by atoms with E-state index in [0.717, 1.165) is 17.1 Å². The molecule has 88 valence electrons. The van der Waals surface area contributed by atoms with Gasteiger partial charge in [-0.1, -0.05) is 57.0 Å². The van der Waals surface area contributed by atoms with Gasteiger partial charge in [-0.2, -0.15) is 0 Å². The van der Waals surface area contributed by atoms with Crippen LogP contribution < -0.4 is 5.32 Å². The molecule has 0 radical (unpaired) electrons. The highest BCUT2D eigenvalue weighted by molar-refractivity contribution is 9.09. The highest BCUT2D eigenvalue weighted by Gasteiger charge is 2.27. The maximum Gasteiger partial charge on any atom is 0.251 e. The van der Waals surface area contributed by atoms with E-state index < -0.39 is 0 Å². The number of benzene rings is 1. The highest BCUT2D eigenvalue weighted by atomic mass is 79.9. The summed E-state index contributed by atoms with van der Waals surface area (Å²) in [5, 5.41) is 4.54. The average molecular weight is 349 g/mol. The number of rotatable bonds is 5. The molecule has 0 fully saturated rings. The van der Waals surface area contributed by atoms with E-state index >= 15 is 0 Å². The second-order valence-electron chi connectivity index (χ2n) is 3.72. The Kier molecular flexibility index (Phi) is 5.49. The fourth-order valence-corrected chi connectivity index (χ4v) is 3.28. The quantitative estimate of drug-likeness (QED) is 0.812. The second kappa shape index (κ2) is 6.40. The number of carbonyl (C=O) groups is 1. The Bertz CT molecular complexity index is 328. The molecule has 1 N–H and O–H groups in total. The molecule has 0 bridgehead atoms. The highest BCUT2D eigenvalue weighted by Crippen LogP contribution is 2.17. The molecule has 0 aliphatic carbocycles. The number of nitrogens with one attached hydrogen (secondary N) is 1. The van der Waals surface area contributed by atoms with Crippen molar-refractivity contribution >= 4 is 37.8 Å². The molecule has 0 atom stereocenters. The van der Waals surface area contributed by atoms with Crippen LogP contribution in [0.15, 0.2) is 30.3 Å². The van der Waals surface area contributed by atoms with Gasteiger partial charge in [0.15, 0.2) is 0 Å². The van der Waals surface area contributed by atoms with E-state index in [2.05, 4.69) is 44.1 Å². The van der Waals surface area contributed by atoms with Crippen molar-refractivity contribution in [3.63, 3.8) is 0 Å². The van der Waals surface area contributed by atoms with Gasteiger partial charge in [0, 0.05) is 16.2 Å². The van der Waals surface area contributed by atoms with Gasteiger partial charge in [0.25, 0.3) is 5.91 Å². The van der Waals surface area contributed by atoms with Crippen LogP contribution in [0.5, 0.6) is 0 Å². The van der Waals surface area contributed by atoms with Crippen molar-refractivity contribution in [1.82, 2.24) is 5.32 Å². The minimum Gasteiger partial charge on any atom is -0.345 e. The zero-order chi connectivity index (χ0) is 12.0. The van der Waals surface area contributed by atoms with Gasteiger partial charge < -0.3 is 5.32 Å². The van der Waals surface area contributed by atoms with E-state index in [1.165, 1.54) is 0 Å². The number of carbonyl (C=O) groups excluding carboxylic acids is 1. The van der Waals surface area contributed by atoms with Crippen LogP contribution in [-0.4, -0.2) is 22.1 Å². The van der Waals surface area contributed by atoms with E-state index in [4.69, 9.17) is 0 Å². The van der Waals surface area contributed by atoms with Crippen LogP contribution in [-0.2, 0) is 0 Å². The molecular weight excluding hydrogens is 334 g/mol. The van der Waals surface area contributed by atoms with Crippen LogP contribution in [0.4, 0.5) is 0 Å². The Morgan fingerprint density at radius 3 is 2.25 bits per heavy atom. The Labute approximate surface area is 113 Å². The van der Waals surface area contributed by atoms with Gasteiger partial charge in [-0.05, 0) is 18.6 Å². The average Bonchev–Trinajstić information content (AvgIpc) is 2.37. The molecule has 1 aromatic carbocycles. The van der Waals surface area contributed by atoms with Crippen molar-refractivity contribution in [2.24, 2.45) is 0 Å². The molecule has 16 heavy (non-hydrogen) atoms. The van der Waals surface area contributed by atoms with Gasteiger partial charge in [0.05, 0.1) is 5.54 Å². The third kappa shape index (κ3) is 3.32. The molecule has 1 aromatic rings. The van der Waals surface area contributed by atoms with Crippen LogP contribution in [0.1, 0.15) is 23.7 Å². The Morgan fingerprint density at radius 1 is 1.25 bits per heavy atom. The molecule has 0 spiro atoms. The van der Waals surface area contributed by atoms with Crippen LogP contribution in [0.25, 0.3) is 0 Å². The topological polar surface area (TPSA) is 29.1 Å². The van der Waals surface area contributed by atoms with Crippen molar-refractivity contribution < 1.29 is 4.79 Å². The molecule has 2 nitrogen and oxygen atoms in total. The number of amides is 1. The SMILES string of the molecule is CCC(CBr)(CBr)NC(=O)c1ccccc1. The van der Waals surface area contributed by atoms with E-state index in [1.54, 1.807) is 0 Å². The Balaban J connectivity index is 2.77. The normalized spacial score (nSPS) is 11.2. The number of halogens is 2. The zero-order valence-electron chi connectivity index (χ0n) is 9.17. The molecule has 0 heterocycles. The molecule has 4 heteroatoms. The first kappa shape index (κ1) is 13.7. The van der Waals surface area contributed by atoms with Crippen LogP contribution in [0.3, 0.4) is 0 Å². The third-order valence-corrected chi connectivity index (χ3v) is 4.75. The lowest BCUT2D eigenvalue weighted by Gasteiger charge is -2.30. The summed E-state index contributed by atoms with van der Waals surface area (Å²) in [5.41, 5.74) is 0.481. The largest absolute Gasteiger partial charge is 0.345 e. The summed E-state index contributed by atoms with van der Waals surface area (Å²) in [6.07, 6.45) is 0.877. The molecule has 0 unspecified atom stereocenters. The summed E-state index contributed by atoms with van der Waals surface area (Å²) in [7, 11) is 0. The van der Waals surface area contributed by atoms with E-state index in [9.17, 15) is 4.79 Å². The van der Waals surface area contributed by atoms with E-state index in [-0.39, 0.29) is 11.4 Å². The maximum absolute atomic E-state index is 12.0. The third-order valence-electron chi connectivity index (χ3n) is 2.60. The Morgan fingerprint density at radius 2 is 1.81 bits per heavy atom. The standard InChI is InChI=1S/C12H15Br2NO/c1-2-12(8-13,9-14)15-11(16)10-6-4-3-5-7-10/h3-7H,2,8-9H2,1H3,(H,15,16). The van der Waals surface area contributed by atoms with Crippen molar-refractivity contribution in [2.75, 3.05) is 10.7 Å². The molecule has 1 rings (SSSR count). The molecular formula is C12H15Br2NO. The van der Waals surface area contributed by atoms with Gasteiger partial charge in [-0.25, -0.2) is 0 Å². The van der Waals surface area contributed by atoms with Gasteiger partial charge in [-0.15, -0.1) is 0 Å². The smallest absolute Gasteiger partial charge is 0.251 e. The molecule has 0 aromatic heterocycles. The zero-order valence-corrected chi connectivity index (χ0v) is 12.3. The van der Waals surface area contributed by atoms with Crippen LogP contribution in [0.2, 0.25) is 0 Å². The number of alkyl halides is 2. The lowest BCUT2D eigenvalue weighted by atomic mass is 10.0. The summed E-state index contributed by atoms with van der Waals surface area (Å²) >= 11 is 6.90. The van der Waals surface area contributed by atoms with Crippen molar-refractivity contribution in [1.29, 1.82) is 0 Å². The first-order valence-corrected chi connectivity index (χ1v) is 7.41. The van der Waals surface area contributed by atoms with E-state index in [1.807, 2.05) is 30.3 Å². The first-order chi connectivity index (χ1) is 7.67. The Hall–Kier alpha value is -0.350. The van der Waals surface area contributed by atoms with E-state index in [0.29, 0.717) is 5.56 Å². The maximum atomic E-state index is 12.0. The van der Waals surface area contributed by atoms with Gasteiger partial charge in [0.1, 0.15) is 0 Å². The van der Waals surface area contributed by atoms with Gasteiger partial charge >= 0.3 is 0 Å². The predicted molar refractivity (Wildman–Crippen MR) is 74.5 cm³/mol. The lowest BCUT2D eigenvalue weighted by Crippen LogP contribution is -2.51. The molecule has 0 aliphatic heterocycles. The summed E-state index contributed by atoms with van der Waals surface area (Å²) < 4.78 is 0. The molecule has 0 aliphatic rings. The van der Waals surface area contributed by atoms with Crippen LogP contribution in [0, 0.1) is 0 Å². The fourth-order valence-electron chi connectivity index (χ4n) is 1.28. The lowest BCUT2D eigenvalue weighted by molar-refractivity contribution is 0.0915. The monoisotopic (exact) mass is 347 g/mol. The van der Waals surface area contributed by atoms with Crippen molar-refractivity contribution in [3.8, 4) is 0 Å². The second-order valence-corrected chi connectivity index (χ2v) is 4.84. The summed E-state index contributed by atoms with van der Waals surface area (Å²) in [4.78, 5) is 12.0. The minimum atomic E-state index is -0.215. The first-order valence-electron chi connectivity index (χ1n) is 5.17. The van der Waals surface area contributed by atoms with Gasteiger partial charge in [-0.3, -0.25) is 4.79 Å². The molecule has 1 amide bonds. The summed E-state index contributed by atoms with van der Waals surface area (Å²) in [5.74, 6) is -0.0265. The predicted octanol–water partition coefficient (Wildman–Crippen LogP) is 3.36. The van der Waals surface area contributed by atoms with Crippen molar-refractivity contribution in [3.05, 3.63) is 35.9 Å². The summed E-state index contributed by atoms with van der Waals surface area (Å²) in [6, 6.07) is 9.27. The number of hydrogen-bond acceptors (Lipinski definition) is 1. The van der Waals surface area contributed by atoms with Crippen molar-refractivity contribution in [2.45, 2.75) is 18.9 Å². The van der Waals surface area contributed by atoms with Gasteiger partial charge in [0.2, 0.25) is 0 Å². The summed E-state index contributed by atoms with van der Waals surface area (Å²) in [6.45, 7) is 2.06. The minimum absolute atomic E-state index is 0.0265.